The van der Waals surface area contributed by atoms with E-state index in [-0.39, 0.29) is 0 Å². The van der Waals surface area contributed by atoms with Gasteiger partial charge in [-0.15, -0.1) is 0 Å². The van der Waals surface area contributed by atoms with Gasteiger partial charge in [-0.3, -0.25) is 0 Å². The molecular weight excluding hydrogens is 360 g/mol. The minimum Gasteiger partial charge on any atom is -0.493 e. The topological polar surface area (TPSA) is 44.2 Å². The highest BCUT2D eigenvalue weighted by Gasteiger charge is 2.21. The molecule has 1 aliphatic carbocycles. The number of unbranched alkanes of at least 4 members (excludes halogenated alkanes) is 1. The fourth-order valence-electron chi connectivity index (χ4n) is 4.15. The van der Waals surface area contributed by atoms with Crippen molar-refractivity contribution in [3.63, 3.8) is 0 Å². The van der Waals surface area contributed by atoms with Crippen LogP contribution in [0.15, 0.2) is 30.6 Å². The Balaban J connectivity index is 1.52. The third kappa shape index (κ3) is 6.45. The van der Waals surface area contributed by atoms with E-state index in [1.807, 2.05) is 6.07 Å². The number of aromatic nitrogens is 2. The molecule has 29 heavy (non-hydrogen) atoms. The maximum atomic E-state index is 6.13. The minimum atomic E-state index is 0.701. The molecule has 1 saturated carbocycles. The summed E-state index contributed by atoms with van der Waals surface area (Å²) >= 11 is 0. The summed E-state index contributed by atoms with van der Waals surface area (Å²) in [7, 11) is 0. The van der Waals surface area contributed by atoms with Crippen molar-refractivity contribution in [1.29, 1.82) is 0 Å². The van der Waals surface area contributed by atoms with Gasteiger partial charge in [0.2, 0.25) is 0 Å². The van der Waals surface area contributed by atoms with Gasteiger partial charge in [0.15, 0.2) is 11.6 Å². The Bertz CT molecular complexity index is 737. The van der Waals surface area contributed by atoms with Crippen LogP contribution in [0, 0.1) is 18.8 Å². The average Bonchev–Trinajstić information content (AvgIpc) is 2.74. The second kappa shape index (κ2) is 11.2. The second-order valence-corrected chi connectivity index (χ2v) is 8.41. The van der Waals surface area contributed by atoms with Crippen molar-refractivity contribution in [1.82, 2.24) is 9.97 Å². The molecule has 0 aliphatic heterocycles. The highest BCUT2D eigenvalue weighted by atomic mass is 16.5. The molecule has 0 atom stereocenters. The lowest BCUT2D eigenvalue weighted by molar-refractivity contribution is 0.178. The van der Waals surface area contributed by atoms with E-state index in [1.165, 1.54) is 38.5 Å². The van der Waals surface area contributed by atoms with Crippen LogP contribution in [-0.4, -0.2) is 23.2 Å². The lowest BCUT2D eigenvalue weighted by Gasteiger charge is -2.28. The van der Waals surface area contributed by atoms with E-state index in [4.69, 9.17) is 9.47 Å². The smallest absolute Gasteiger partial charge is 0.159 e. The molecule has 3 rings (SSSR count). The molecule has 1 aliphatic rings. The van der Waals surface area contributed by atoms with Gasteiger partial charge in [-0.25, -0.2) is 9.97 Å². The number of benzene rings is 1. The Hall–Kier alpha value is -2.10. The van der Waals surface area contributed by atoms with Gasteiger partial charge in [0.05, 0.1) is 25.6 Å². The molecule has 0 unspecified atom stereocenters. The molecule has 2 aromatic rings. The van der Waals surface area contributed by atoms with Crippen molar-refractivity contribution in [3.05, 3.63) is 36.2 Å². The summed E-state index contributed by atoms with van der Waals surface area (Å²) < 4.78 is 11.8. The van der Waals surface area contributed by atoms with Crippen molar-refractivity contribution >= 4 is 0 Å². The number of ether oxygens (including phenoxy) is 2. The molecule has 1 aromatic carbocycles. The lowest BCUT2D eigenvalue weighted by Crippen LogP contribution is -2.20. The van der Waals surface area contributed by atoms with Crippen LogP contribution < -0.4 is 9.47 Å². The number of nitrogens with zero attached hydrogens (tertiary/aromatic N) is 2. The Kier molecular flexibility index (Phi) is 8.33. The van der Waals surface area contributed by atoms with Gasteiger partial charge in [0, 0.05) is 5.56 Å². The van der Waals surface area contributed by atoms with Gasteiger partial charge < -0.3 is 9.47 Å². The van der Waals surface area contributed by atoms with Gasteiger partial charge in [0.25, 0.3) is 0 Å². The van der Waals surface area contributed by atoms with E-state index in [1.54, 1.807) is 12.4 Å². The van der Waals surface area contributed by atoms with Crippen molar-refractivity contribution in [2.45, 2.75) is 72.1 Å². The van der Waals surface area contributed by atoms with Gasteiger partial charge in [0.1, 0.15) is 5.75 Å². The molecule has 1 fully saturated rings. The zero-order valence-corrected chi connectivity index (χ0v) is 18.3. The van der Waals surface area contributed by atoms with Crippen molar-refractivity contribution in [2.75, 3.05) is 13.2 Å². The first-order chi connectivity index (χ1) is 14.2. The van der Waals surface area contributed by atoms with E-state index >= 15 is 0 Å². The average molecular weight is 397 g/mol. The SMILES string of the molecule is CCCCOc1cnc(-c2ccc(OCC3CCC(CCC)CC3)cc2C)nc1. The monoisotopic (exact) mass is 396 g/mol. The highest BCUT2D eigenvalue weighted by molar-refractivity contribution is 5.61. The summed E-state index contributed by atoms with van der Waals surface area (Å²) in [5, 5.41) is 0. The number of hydrogen-bond acceptors (Lipinski definition) is 4. The van der Waals surface area contributed by atoms with Crippen LogP contribution >= 0.6 is 0 Å². The summed E-state index contributed by atoms with van der Waals surface area (Å²) in [6, 6.07) is 6.21. The Labute approximate surface area is 176 Å². The Morgan fingerprint density at radius 3 is 2.28 bits per heavy atom. The van der Waals surface area contributed by atoms with Gasteiger partial charge in [-0.1, -0.05) is 46.0 Å². The van der Waals surface area contributed by atoms with Gasteiger partial charge in [-0.05, 0) is 61.8 Å². The van der Waals surface area contributed by atoms with Crippen molar-refractivity contribution in [3.8, 4) is 22.9 Å². The molecule has 0 radical (unpaired) electrons. The van der Waals surface area contributed by atoms with Crippen molar-refractivity contribution in [2.24, 2.45) is 11.8 Å². The van der Waals surface area contributed by atoms with Crippen LogP contribution in [0.4, 0.5) is 0 Å². The predicted molar refractivity (Wildman–Crippen MR) is 118 cm³/mol. The van der Waals surface area contributed by atoms with Crippen LogP contribution in [0.2, 0.25) is 0 Å². The molecule has 0 bridgehead atoms. The first kappa shape index (κ1) is 21.6. The maximum Gasteiger partial charge on any atom is 0.159 e. The normalized spacial score (nSPS) is 19.1. The third-order valence-electron chi connectivity index (χ3n) is 5.98. The van der Waals surface area contributed by atoms with E-state index in [0.29, 0.717) is 12.5 Å². The Morgan fingerprint density at radius 2 is 1.62 bits per heavy atom. The van der Waals surface area contributed by atoms with Crippen LogP contribution in [0.3, 0.4) is 0 Å². The van der Waals surface area contributed by atoms with Gasteiger partial charge in [-0.2, -0.15) is 0 Å². The fourth-order valence-corrected chi connectivity index (χ4v) is 4.15. The summed E-state index contributed by atoms with van der Waals surface area (Å²) in [5.41, 5.74) is 2.17. The van der Waals surface area contributed by atoms with E-state index in [2.05, 4.69) is 42.9 Å². The van der Waals surface area contributed by atoms with Crippen LogP contribution in [0.1, 0.15) is 70.8 Å². The summed E-state index contributed by atoms with van der Waals surface area (Å²) in [5.74, 6) is 4.05. The van der Waals surface area contributed by atoms with E-state index in [0.717, 1.165) is 53.8 Å². The number of hydrogen-bond donors (Lipinski definition) is 0. The van der Waals surface area contributed by atoms with E-state index in [9.17, 15) is 0 Å². The van der Waals surface area contributed by atoms with Crippen LogP contribution in [0.5, 0.6) is 11.5 Å². The standard InChI is InChI=1S/C25H36N2O2/c1-4-6-14-28-23-16-26-25(27-17-23)24-13-12-22(15-19(24)3)29-18-21-10-8-20(7-5-2)9-11-21/h12-13,15-17,20-21H,4-11,14,18H2,1-3H3. The van der Waals surface area contributed by atoms with Crippen LogP contribution in [0.25, 0.3) is 11.4 Å². The molecule has 1 heterocycles. The highest BCUT2D eigenvalue weighted by Crippen LogP contribution is 2.32. The third-order valence-corrected chi connectivity index (χ3v) is 5.98. The maximum absolute atomic E-state index is 6.13. The first-order valence-corrected chi connectivity index (χ1v) is 11.4. The zero-order valence-electron chi connectivity index (χ0n) is 18.3. The lowest BCUT2D eigenvalue weighted by atomic mass is 9.80. The molecule has 158 valence electrons. The molecule has 0 N–H and O–H groups in total. The molecular formula is C25H36N2O2. The zero-order chi connectivity index (χ0) is 20.5. The molecule has 0 saturated heterocycles. The number of rotatable bonds is 10. The van der Waals surface area contributed by atoms with Crippen LogP contribution in [-0.2, 0) is 0 Å². The van der Waals surface area contributed by atoms with E-state index < -0.39 is 0 Å². The molecule has 1 aromatic heterocycles. The summed E-state index contributed by atoms with van der Waals surface area (Å²) in [6.07, 6.45) is 13.7. The first-order valence-electron chi connectivity index (χ1n) is 11.4. The number of aryl methyl sites for hydroxylation is 1. The molecule has 0 spiro atoms. The largest absolute Gasteiger partial charge is 0.493 e. The summed E-state index contributed by atoms with van der Waals surface area (Å²) in [6.45, 7) is 8.08. The minimum absolute atomic E-state index is 0.701. The second-order valence-electron chi connectivity index (χ2n) is 8.41. The predicted octanol–water partition coefficient (Wildman–Crippen LogP) is 6.62. The quantitative estimate of drug-likeness (QED) is 0.424. The van der Waals surface area contributed by atoms with Gasteiger partial charge >= 0.3 is 0 Å². The Morgan fingerprint density at radius 1 is 0.897 bits per heavy atom. The fraction of sp³-hybridized carbons (Fsp3) is 0.600. The molecule has 0 amide bonds. The van der Waals surface area contributed by atoms with Crippen molar-refractivity contribution < 1.29 is 9.47 Å². The molecule has 4 nitrogen and oxygen atoms in total. The summed E-state index contributed by atoms with van der Waals surface area (Å²) in [4.78, 5) is 8.97. The molecule has 4 heteroatoms.